The standard InChI is InChI=1S/C18H17FN2O4S/c19-14-7-9-15(10-8-14)20-18(23)13-4-3-5-16(12-13)26(24,25)21-11-2-1-6-17(21)22/h3-5,7-10,12H,1-2,6,11H2,(H,20,23). The first-order valence-corrected chi connectivity index (χ1v) is 9.54. The van der Waals surface area contributed by atoms with Crippen molar-refractivity contribution >= 4 is 27.5 Å². The van der Waals surface area contributed by atoms with Crippen molar-refractivity contribution in [3.63, 3.8) is 0 Å². The minimum absolute atomic E-state index is 0.112. The van der Waals surface area contributed by atoms with E-state index >= 15 is 0 Å². The van der Waals surface area contributed by atoms with Gasteiger partial charge in [-0.05, 0) is 55.3 Å². The van der Waals surface area contributed by atoms with Crippen LogP contribution in [0.1, 0.15) is 29.6 Å². The number of piperidine rings is 1. The molecule has 0 atom stereocenters. The summed E-state index contributed by atoms with van der Waals surface area (Å²) in [7, 11) is -3.99. The first-order chi connectivity index (χ1) is 12.4. The average molecular weight is 376 g/mol. The van der Waals surface area contributed by atoms with Gasteiger partial charge in [-0.2, -0.15) is 0 Å². The fourth-order valence-corrected chi connectivity index (χ4v) is 4.21. The van der Waals surface area contributed by atoms with Gasteiger partial charge in [-0.25, -0.2) is 17.1 Å². The van der Waals surface area contributed by atoms with Gasteiger partial charge in [0.1, 0.15) is 5.82 Å². The van der Waals surface area contributed by atoms with Crippen molar-refractivity contribution in [2.24, 2.45) is 0 Å². The Morgan fingerprint density at radius 1 is 1.08 bits per heavy atom. The van der Waals surface area contributed by atoms with E-state index in [1.54, 1.807) is 0 Å². The molecule has 1 heterocycles. The van der Waals surface area contributed by atoms with Gasteiger partial charge in [0, 0.05) is 24.2 Å². The van der Waals surface area contributed by atoms with Gasteiger partial charge < -0.3 is 5.32 Å². The predicted molar refractivity (Wildman–Crippen MR) is 93.5 cm³/mol. The molecule has 0 saturated carbocycles. The molecule has 0 unspecified atom stereocenters. The Morgan fingerprint density at radius 2 is 1.81 bits per heavy atom. The molecule has 2 aromatic carbocycles. The van der Waals surface area contributed by atoms with Crippen molar-refractivity contribution in [1.29, 1.82) is 0 Å². The summed E-state index contributed by atoms with van der Waals surface area (Å²) in [5.41, 5.74) is 0.510. The van der Waals surface area contributed by atoms with Gasteiger partial charge in [-0.1, -0.05) is 6.07 Å². The Labute approximate surface area is 150 Å². The highest BCUT2D eigenvalue weighted by molar-refractivity contribution is 7.89. The Bertz CT molecular complexity index is 942. The summed E-state index contributed by atoms with van der Waals surface area (Å²) in [5, 5.41) is 2.57. The molecule has 1 saturated heterocycles. The molecule has 0 bridgehead atoms. The maximum absolute atomic E-state index is 12.9. The molecule has 26 heavy (non-hydrogen) atoms. The predicted octanol–water partition coefficient (Wildman–Crippen LogP) is 2.78. The summed E-state index contributed by atoms with van der Waals surface area (Å²) in [6, 6.07) is 10.7. The van der Waals surface area contributed by atoms with Crippen molar-refractivity contribution < 1.29 is 22.4 Å². The second-order valence-electron chi connectivity index (χ2n) is 5.92. The van der Waals surface area contributed by atoms with Gasteiger partial charge in [-0.15, -0.1) is 0 Å². The van der Waals surface area contributed by atoms with E-state index in [9.17, 15) is 22.4 Å². The van der Waals surface area contributed by atoms with Crippen molar-refractivity contribution in [3.8, 4) is 0 Å². The van der Waals surface area contributed by atoms with Crippen LogP contribution in [0, 0.1) is 5.82 Å². The summed E-state index contributed by atoms with van der Waals surface area (Å²) in [4.78, 5) is 24.2. The van der Waals surface area contributed by atoms with Gasteiger partial charge in [0.2, 0.25) is 5.91 Å². The largest absolute Gasteiger partial charge is 0.322 e. The van der Waals surface area contributed by atoms with Crippen molar-refractivity contribution in [2.45, 2.75) is 24.2 Å². The zero-order valence-corrected chi connectivity index (χ0v) is 14.6. The smallest absolute Gasteiger partial charge is 0.266 e. The molecular weight excluding hydrogens is 359 g/mol. The van der Waals surface area contributed by atoms with Crippen molar-refractivity contribution in [2.75, 3.05) is 11.9 Å². The third-order valence-electron chi connectivity index (χ3n) is 4.07. The molecule has 0 aliphatic carbocycles. The highest BCUT2D eigenvalue weighted by Crippen LogP contribution is 2.22. The molecular formula is C18H17FN2O4S. The third kappa shape index (κ3) is 3.75. The zero-order chi connectivity index (χ0) is 18.7. The quantitative estimate of drug-likeness (QED) is 0.889. The molecule has 136 valence electrons. The fraction of sp³-hybridized carbons (Fsp3) is 0.222. The number of sulfonamides is 1. The number of carbonyl (C=O) groups excluding carboxylic acids is 2. The Morgan fingerprint density at radius 3 is 2.50 bits per heavy atom. The van der Waals surface area contributed by atoms with E-state index in [0.29, 0.717) is 18.5 Å². The van der Waals surface area contributed by atoms with Gasteiger partial charge in [-0.3, -0.25) is 9.59 Å². The van der Waals surface area contributed by atoms with Crippen LogP contribution in [0.2, 0.25) is 0 Å². The van der Waals surface area contributed by atoms with Crippen LogP contribution in [0.5, 0.6) is 0 Å². The Balaban J connectivity index is 1.84. The summed E-state index contributed by atoms with van der Waals surface area (Å²) >= 11 is 0. The maximum Gasteiger partial charge on any atom is 0.266 e. The highest BCUT2D eigenvalue weighted by Gasteiger charge is 2.31. The zero-order valence-electron chi connectivity index (χ0n) is 13.8. The first kappa shape index (κ1) is 18.1. The number of anilines is 1. The number of hydrogen-bond donors (Lipinski definition) is 1. The topological polar surface area (TPSA) is 83.6 Å². The molecule has 0 spiro atoms. The van der Waals surface area contributed by atoms with Crippen LogP contribution >= 0.6 is 0 Å². The van der Waals surface area contributed by atoms with Gasteiger partial charge in [0.05, 0.1) is 4.90 Å². The third-order valence-corrected chi connectivity index (χ3v) is 5.88. The normalized spacial score (nSPS) is 15.0. The van der Waals surface area contributed by atoms with Crippen LogP contribution in [0.15, 0.2) is 53.4 Å². The molecule has 2 amide bonds. The molecule has 2 aromatic rings. The van der Waals surface area contributed by atoms with Crippen LogP contribution in [-0.2, 0) is 14.8 Å². The van der Waals surface area contributed by atoms with Gasteiger partial charge in [0.15, 0.2) is 0 Å². The number of hydrogen-bond acceptors (Lipinski definition) is 4. The molecule has 0 radical (unpaired) electrons. The van der Waals surface area contributed by atoms with E-state index < -0.39 is 27.7 Å². The molecule has 6 nitrogen and oxygen atoms in total. The van der Waals surface area contributed by atoms with E-state index in [1.165, 1.54) is 48.5 Å². The number of nitrogens with one attached hydrogen (secondary N) is 1. The highest BCUT2D eigenvalue weighted by atomic mass is 32.2. The van der Waals surface area contributed by atoms with Gasteiger partial charge in [0.25, 0.3) is 15.9 Å². The lowest BCUT2D eigenvalue weighted by atomic mass is 10.2. The number of halogens is 1. The van der Waals surface area contributed by atoms with E-state index in [-0.39, 0.29) is 23.4 Å². The van der Waals surface area contributed by atoms with E-state index in [0.717, 1.165) is 4.31 Å². The maximum atomic E-state index is 12.9. The number of rotatable bonds is 4. The lowest BCUT2D eigenvalue weighted by Crippen LogP contribution is -2.40. The summed E-state index contributed by atoms with van der Waals surface area (Å²) in [5.74, 6) is -1.39. The molecule has 0 aromatic heterocycles. The lowest BCUT2D eigenvalue weighted by Gasteiger charge is -2.26. The van der Waals surface area contributed by atoms with Crippen LogP contribution in [0.25, 0.3) is 0 Å². The van der Waals surface area contributed by atoms with Crippen molar-refractivity contribution in [1.82, 2.24) is 4.31 Å². The summed E-state index contributed by atoms with van der Waals surface area (Å²) < 4.78 is 39.2. The number of nitrogens with zero attached hydrogens (tertiary/aromatic N) is 1. The van der Waals surface area contributed by atoms with E-state index in [4.69, 9.17) is 0 Å². The van der Waals surface area contributed by atoms with Crippen molar-refractivity contribution in [3.05, 3.63) is 59.9 Å². The number of amides is 2. The van der Waals surface area contributed by atoms with Crippen LogP contribution in [-0.4, -0.2) is 31.1 Å². The van der Waals surface area contributed by atoms with E-state index in [1.807, 2.05) is 0 Å². The van der Waals surface area contributed by atoms with Crippen LogP contribution in [0.3, 0.4) is 0 Å². The molecule has 1 fully saturated rings. The van der Waals surface area contributed by atoms with Crippen LogP contribution in [0.4, 0.5) is 10.1 Å². The number of carbonyl (C=O) groups is 2. The molecule has 1 aliphatic heterocycles. The van der Waals surface area contributed by atoms with Gasteiger partial charge >= 0.3 is 0 Å². The minimum Gasteiger partial charge on any atom is -0.322 e. The molecule has 1 aliphatic rings. The second kappa shape index (κ2) is 7.25. The Kier molecular flexibility index (Phi) is 5.03. The fourth-order valence-electron chi connectivity index (χ4n) is 2.70. The first-order valence-electron chi connectivity index (χ1n) is 8.10. The molecule has 1 N–H and O–H groups in total. The lowest BCUT2D eigenvalue weighted by molar-refractivity contribution is -0.128. The minimum atomic E-state index is -3.99. The Hall–Kier alpha value is -2.74. The van der Waals surface area contributed by atoms with Crippen LogP contribution < -0.4 is 5.32 Å². The second-order valence-corrected chi connectivity index (χ2v) is 7.78. The molecule has 8 heteroatoms. The SMILES string of the molecule is O=C(Nc1ccc(F)cc1)c1cccc(S(=O)(=O)N2CCCCC2=O)c1. The average Bonchev–Trinajstić information content (AvgIpc) is 2.64. The monoisotopic (exact) mass is 376 g/mol. The van der Waals surface area contributed by atoms with E-state index in [2.05, 4.69) is 5.32 Å². The number of benzene rings is 2. The summed E-state index contributed by atoms with van der Waals surface area (Å²) in [6.45, 7) is 0.146. The molecule has 3 rings (SSSR count). The summed E-state index contributed by atoms with van der Waals surface area (Å²) in [6.07, 6.45) is 1.49.